The van der Waals surface area contributed by atoms with Crippen LogP contribution in [0.2, 0.25) is 0 Å². The van der Waals surface area contributed by atoms with E-state index < -0.39 is 10.0 Å². The molecule has 0 atom stereocenters. The number of amides is 1. The van der Waals surface area contributed by atoms with Gasteiger partial charge in [0.15, 0.2) is 5.13 Å². The zero-order valence-corrected chi connectivity index (χ0v) is 17.8. The first kappa shape index (κ1) is 19.2. The molecule has 0 fully saturated rings. The van der Waals surface area contributed by atoms with Crippen LogP contribution in [0, 0.1) is 0 Å². The second-order valence-electron chi connectivity index (χ2n) is 5.41. The molecular formula is C16H14BrN3O3S3. The molecule has 0 aliphatic heterocycles. The zero-order valence-electron chi connectivity index (χ0n) is 13.8. The van der Waals surface area contributed by atoms with Crippen molar-refractivity contribution in [1.29, 1.82) is 0 Å². The van der Waals surface area contributed by atoms with Crippen molar-refractivity contribution >= 4 is 59.7 Å². The van der Waals surface area contributed by atoms with Crippen LogP contribution in [0.4, 0.5) is 5.13 Å². The third-order valence-corrected chi connectivity index (χ3v) is 7.68. The maximum Gasteiger partial charge on any atom is 0.257 e. The highest BCUT2D eigenvalue weighted by Gasteiger charge is 2.18. The summed E-state index contributed by atoms with van der Waals surface area (Å²) in [7, 11) is -0.594. The lowest BCUT2D eigenvalue weighted by Gasteiger charge is -2.11. The number of aromatic nitrogens is 1. The van der Waals surface area contributed by atoms with Crippen molar-refractivity contribution in [2.24, 2.45) is 0 Å². The van der Waals surface area contributed by atoms with E-state index in [1.807, 2.05) is 17.5 Å². The number of carbonyl (C=O) groups excluding carboxylic acids is 1. The second-order valence-corrected chi connectivity index (χ2v) is 10.9. The van der Waals surface area contributed by atoms with Gasteiger partial charge in [-0.3, -0.25) is 10.1 Å². The van der Waals surface area contributed by atoms with Gasteiger partial charge in [0.1, 0.15) is 0 Å². The van der Waals surface area contributed by atoms with E-state index >= 15 is 0 Å². The van der Waals surface area contributed by atoms with Gasteiger partial charge in [-0.25, -0.2) is 17.7 Å². The molecule has 0 aliphatic carbocycles. The minimum absolute atomic E-state index is 0.138. The Hall–Kier alpha value is -1.59. The summed E-state index contributed by atoms with van der Waals surface area (Å²) in [5.74, 6) is -0.341. The Labute approximate surface area is 167 Å². The van der Waals surface area contributed by atoms with Gasteiger partial charge < -0.3 is 0 Å². The fourth-order valence-electron chi connectivity index (χ4n) is 2.05. The molecule has 10 heteroatoms. The van der Waals surface area contributed by atoms with Crippen molar-refractivity contribution in [3.05, 3.63) is 51.1 Å². The predicted molar refractivity (Wildman–Crippen MR) is 108 cm³/mol. The molecule has 26 heavy (non-hydrogen) atoms. The van der Waals surface area contributed by atoms with Crippen LogP contribution in [0.15, 0.2) is 50.5 Å². The number of thiazole rings is 1. The van der Waals surface area contributed by atoms with E-state index in [1.165, 1.54) is 49.7 Å². The van der Waals surface area contributed by atoms with E-state index in [-0.39, 0.29) is 10.8 Å². The number of sulfonamides is 1. The highest BCUT2D eigenvalue weighted by atomic mass is 79.9. The maximum absolute atomic E-state index is 12.3. The van der Waals surface area contributed by atoms with E-state index in [0.717, 1.165) is 18.7 Å². The van der Waals surface area contributed by atoms with Gasteiger partial charge in [-0.05, 0) is 52.3 Å². The van der Waals surface area contributed by atoms with Gasteiger partial charge in [0.05, 0.1) is 19.3 Å². The van der Waals surface area contributed by atoms with Gasteiger partial charge >= 0.3 is 0 Å². The number of anilines is 1. The van der Waals surface area contributed by atoms with E-state index in [1.54, 1.807) is 11.3 Å². The van der Waals surface area contributed by atoms with Crippen LogP contribution < -0.4 is 5.32 Å². The van der Waals surface area contributed by atoms with Crippen LogP contribution in [-0.2, 0) is 10.0 Å². The molecule has 3 aromatic rings. The predicted octanol–water partition coefficient (Wildman–Crippen LogP) is 4.14. The summed E-state index contributed by atoms with van der Waals surface area (Å²) in [6.45, 7) is 0. The van der Waals surface area contributed by atoms with Gasteiger partial charge in [0, 0.05) is 25.0 Å². The molecule has 0 spiro atoms. The molecule has 136 valence electrons. The van der Waals surface area contributed by atoms with Gasteiger partial charge in [0.2, 0.25) is 10.0 Å². The van der Waals surface area contributed by atoms with E-state index in [0.29, 0.717) is 10.7 Å². The Kier molecular flexibility index (Phi) is 5.58. The molecule has 0 saturated heterocycles. The van der Waals surface area contributed by atoms with Gasteiger partial charge in [-0.1, -0.05) is 0 Å². The standard InChI is InChI=1S/C16H14BrN3O3S3/c1-20(2)26(22,23)11-5-3-10(4-6-11)15(21)19-16-18-12(9-24-16)13-7-8-14(17)25-13/h3-9H,1-2H3,(H,18,19,21). The molecule has 0 aliphatic rings. The van der Waals surface area contributed by atoms with Crippen molar-refractivity contribution in [3.63, 3.8) is 0 Å². The average Bonchev–Trinajstić information content (AvgIpc) is 3.23. The Bertz CT molecular complexity index is 1040. The largest absolute Gasteiger partial charge is 0.298 e. The van der Waals surface area contributed by atoms with Gasteiger partial charge in [-0.15, -0.1) is 22.7 Å². The molecule has 0 radical (unpaired) electrons. The number of benzene rings is 1. The van der Waals surface area contributed by atoms with Crippen LogP contribution in [0.3, 0.4) is 0 Å². The topological polar surface area (TPSA) is 79.4 Å². The molecule has 3 rings (SSSR count). The first-order chi connectivity index (χ1) is 12.3. The Morgan fingerprint density at radius 2 is 1.85 bits per heavy atom. The van der Waals surface area contributed by atoms with Crippen LogP contribution >= 0.6 is 38.6 Å². The quantitative estimate of drug-likeness (QED) is 0.606. The minimum atomic E-state index is -3.51. The second kappa shape index (κ2) is 7.57. The number of hydrogen-bond donors (Lipinski definition) is 1. The minimum Gasteiger partial charge on any atom is -0.298 e. The molecular weight excluding hydrogens is 458 g/mol. The smallest absolute Gasteiger partial charge is 0.257 e. The average molecular weight is 472 g/mol. The molecule has 6 nitrogen and oxygen atoms in total. The summed E-state index contributed by atoms with van der Waals surface area (Å²) in [4.78, 5) is 17.9. The Balaban J connectivity index is 1.74. The molecule has 2 heterocycles. The lowest BCUT2D eigenvalue weighted by atomic mass is 10.2. The van der Waals surface area contributed by atoms with Crippen molar-refractivity contribution in [2.45, 2.75) is 4.90 Å². The summed E-state index contributed by atoms with van der Waals surface area (Å²) < 4.78 is 26.3. The van der Waals surface area contributed by atoms with E-state index in [4.69, 9.17) is 0 Å². The molecule has 0 saturated carbocycles. The highest BCUT2D eigenvalue weighted by Crippen LogP contribution is 2.33. The van der Waals surface area contributed by atoms with Crippen LogP contribution in [0.1, 0.15) is 10.4 Å². The number of nitrogens with zero attached hydrogens (tertiary/aromatic N) is 2. The number of rotatable bonds is 5. The molecule has 1 N–H and O–H groups in total. The Morgan fingerprint density at radius 1 is 1.15 bits per heavy atom. The summed E-state index contributed by atoms with van der Waals surface area (Å²) in [5, 5.41) is 5.10. The highest BCUT2D eigenvalue weighted by molar-refractivity contribution is 9.11. The number of thiophene rings is 1. The van der Waals surface area contributed by atoms with Crippen molar-refractivity contribution in [2.75, 3.05) is 19.4 Å². The Morgan fingerprint density at radius 3 is 2.42 bits per heavy atom. The van der Waals surface area contributed by atoms with Crippen molar-refractivity contribution in [3.8, 4) is 10.6 Å². The molecule has 0 bridgehead atoms. The first-order valence-electron chi connectivity index (χ1n) is 7.32. The summed E-state index contributed by atoms with van der Waals surface area (Å²) in [6.07, 6.45) is 0. The summed E-state index contributed by atoms with van der Waals surface area (Å²) >= 11 is 6.31. The fraction of sp³-hybridized carbons (Fsp3) is 0.125. The number of hydrogen-bond acceptors (Lipinski definition) is 6. The van der Waals surface area contributed by atoms with Crippen molar-refractivity contribution in [1.82, 2.24) is 9.29 Å². The summed E-state index contributed by atoms with van der Waals surface area (Å²) in [5.41, 5.74) is 1.16. The molecule has 0 unspecified atom stereocenters. The van der Waals surface area contributed by atoms with Crippen LogP contribution in [-0.4, -0.2) is 37.7 Å². The van der Waals surface area contributed by atoms with E-state index in [2.05, 4.69) is 26.2 Å². The monoisotopic (exact) mass is 471 g/mol. The number of halogens is 1. The number of carbonyl (C=O) groups is 1. The fourth-order valence-corrected chi connectivity index (χ4v) is 5.08. The maximum atomic E-state index is 12.3. The third-order valence-electron chi connectivity index (χ3n) is 3.45. The lowest BCUT2D eigenvalue weighted by molar-refractivity contribution is 0.102. The van der Waals surface area contributed by atoms with Crippen LogP contribution in [0.25, 0.3) is 10.6 Å². The zero-order chi connectivity index (χ0) is 18.9. The normalized spacial score (nSPS) is 11.7. The third kappa shape index (κ3) is 4.04. The number of nitrogens with one attached hydrogen (secondary N) is 1. The van der Waals surface area contributed by atoms with Gasteiger partial charge in [-0.2, -0.15) is 0 Å². The van der Waals surface area contributed by atoms with Crippen molar-refractivity contribution < 1.29 is 13.2 Å². The molecule has 2 aromatic heterocycles. The SMILES string of the molecule is CN(C)S(=O)(=O)c1ccc(C(=O)Nc2nc(-c3ccc(Br)s3)cs2)cc1. The van der Waals surface area contributed by atoms with Crippen LogP contribution in [0.5, 0.6) is 0 Å². The lowest BCUT2D eigenvalue weighted by Crippen LogP contribution is -2.22. The van der Waals surface area contributed by atoms with Gasteiger partial charge in [0.25, 0.3) is 5.91 Å². The molecule has 1 aromatic carbocycles. The summed E-state index contributed by atoms with van der Waals surface area (Å²) in [6, 6.07) is 9.70. The first-order valence-corrected chi connectivity index (χ1v) is 11.3. The molecule has 1 amide bonds. The van der Waals surface area contributed by atoms with E-state index in [9.17, 15) is 13.2 Å².